The number of halogens is 2. The molecule has 0 atom stereocenters. The van der Waals surface area contributed by atoms with Crippen LogP contribution in [0.5, 0.6) is 0 Å². The van der Waals surface area contributed by atoms with Gasteiger partial charge >= 0.3 is 0 Å². The van der Waals surface area contributed by atoms with Crippen LogP contribution < -0.4 is 5.32 Å². The van der Waals surface area contributed by atoms with Gasteiger partial charge in [-0.1, -0.05) is 16.8 Å². The summed E-state index contributed by atoms with van der Waals surface area (Å²) >= 11 is 5.73. The maximum atomic E-state index is 12.9. The Hall–Kier alpha value is -3.33. The SMILES string of the molecule is O=C(CCc1nc(-c2ccc(F)cc2)no1)Nc1ccc(Cl)c([N+](=O)[O-])c1. The Labute approximate surface area is 157 Å². The molecule has 27 heavy (non-hydrogen) atoms. The second-order valence-electron chi connectivity index (χ2n) is 5.49. The number of anilines is 1. The first-order chi connectivity index (χ1) is 12.9. The van der Waals surface area contributed by atoms with Crippen LogP contribution in [-0.2, 0) is 11.2 Å². The van der Waals surface area contributed by atoms with Crippen LogP contribution in [0.15, 0.2) is 47.0 Å². The van der Waals surface area contributed by atoms with E-state index in [9.17, 15) is 19.3 Å². The van der Waals surface area contributed by atoms with Crippen LogP contribution in [0.1, 0.15) is 12.3 Å². The molecule has 3 aromatic rings. The van der Waals surface area contributed by atoms with Gasteiger partial charge in [0.15, 0.2) is 0 Å². The van der Waals surface area contributed by atoms with Crippen molar-refractivity contribution in [3.8, 4) is 11.4 Å². The standard InChI is InChI=1S/C17H12ClFN4O4/c18-13-6-5-12(9-14(13)23(25)26)20-15(24)7-8-16-21-17(22-27-16)10-1-3-11(19)4-2-10/h1-6,9H,7-8H2,(H,20,24). The van der Waals surface area contributed by atoms with Crippen molar-refractivity contribution in [2.75, 3.05) is 5.32 Å². The van der Waals surface area contributed by atoms with Gasteiger partial charge in [0.25, 0.3) is 5.69 Å². The van der Waals surface area contributed by atoms with E-state index < -0.39 is 4.92 Å². The number of rotatable bonds is 6. The van der Waals surface area contributed by atoms with Crippen LogP contribution in [0.3, 0.4) is 0 Å². The fourth-order valence-electron chi connectivity index (χ4n) is 2.25. The number of hydrogen-bond donors (Lipinski definition) is 1. The zero-order valence-corrected chi connectivity index (χ0v) is 14.4. The molecule has 0 radical (unpaired) electrons. The lowest BCUT2D eigenvalue weighted by Crippen LogP contribution is -2.12. The van der Waals surface area contributed by atoms with Gasteiger partial charge in [0, 0.05) is 30.2 Å². The van der Waals surface area contributed by atoms with Crippen molar-refractivity contribution in [3.05, 3.63) is 69.3 Å². The molecule has 0 unspecified atom stereocenters. The zero-order valence-electron chi connectivity index (χ0n) is 13.7. The molecule has 1 aromatic heterocycles. The van der Waals surface area contributed by atoms with E-state index in [2.05, 4.69) is 15.5 Å². The minimum absolute atomic E-state index is 0.0165. The highest BCUT2D eigenvalue weighted by Crippen LogP contribution is 2.27. The number of nitro groups is 1. The van der Waals surface area contributed by atoms with Crippen molar-refractivity contribution in [3.63, 3.8) is 0 Å². The molecule has 138 valence electrons. The topological polar surface area (TPSA) is 111 Å². The van der Waals surface area contributed by atoms with Crippen molar-refractivity contribution < 1.29 is 18.6 Å². The lowest BCUT2D eigenvalue weighted by Gasteiger charge is -2.04. The molecule has 3 rings (SSSR count). The summed E-state index contributed by atoms with van der Waals surface area (Å²) in [5.74, 6) is -0.222. The molecule has 0 aliphatic rings. The fraction of sp³-hybridized carbons (Fsp3) is 0.118. The van der Waals surface area contributed by atoms with Crippen LogP contribution >= 0.6 is 11.6 Å². The van der Waals surface area contributed by atoms with Gasteiger partial charge in [-0.2, -0.15) is 4.98 Å². The summed E-state index contributed by atoms with van der Waals surface area (Å²) in [5.41, 5.74) is 0.549. The Morgan fingerprint density at radius 3 is 2.70 bits per heavy atom. The first-order valence-electron chi connectivity index (χ1n) is 7.74. The summed E-state index contributed by atoms with van der Waals surface area (Å²) in [5, 5.41) is 17.2. The molecule has 2 aromatic carbocycles. The number of carbonyl (C=O) groups is 1. The third kappa shape index (κ3) is 4.64. The summed E-state index contributed by atoms with van der Waals surface area (Å²) in [7, 11) is 0. The van der Waals surface area contributed by atoms with Gasteiger partial charge in [0.2, 0.25) is 17.6 Å². The van der Waals surface area contributed by atoms with E-state index in [4.69, 9.17) is 16.1 Å². The van der Waals surface area contributed by atoms with E-state index in [0.717, 1.165) is 0 Å². The molecule has 0 aliphatic heterocycles. The number of carbonyl (C=O) groups excluding carboxylic acids is 1. The number of nitrogens with one attached hydrogen (secondary N) is 1. The van der Waals surface area contributed by atoms with Crippen LogP contribution in [-0.4, -0.2) is 21.0 Å². The van der Waals surface area contributed by atoms with Gasteiger partial charge in [-0.3, -0.25) is 14.9 Å². The molecule has 8 nitrogen and oxygen atoms in total. The van der Waals surface area contributed by atoms with Crippen molar-refractivity contribution in [1.29, 1.82) is 0 Å². The number of nitro benzene ring substituents is 1. The van der Waals surface area contributed by atoms with Crippen molar-refractivity contribution in [2.45, 2.75) is 12.8 Å². The van der Waals surface area contributed by atoms with Crippen molar-refractivity contribution in [2.24, 2.45) is 0 Å². The second-order valence-corrected chi connectivity index (χ2v) is 5.90. The van der Waals surface area contributed by atoms with Crippen molar-refractivity contribution in [1.82, 2.24) is 10.1 Å². The van der Waals surface area contributed by atoms with Crippen LogP contribution in [0.4, 0.5) is 15.8 Å². The maximum absolute atomic E-state index is 12.9. The van der Waals surface area contributed by atoms with Gasteiger partial charge in [0.05, 0.1) is 4.92 Å². The molecule has 1 heterocycles. The third-order valence-electron chi connectivity index (χ3n) is 3.56. The molecule has 1 amide bonds. The first kappa shape index (κ1) is 18.5. The molecule has 0 aliphatic carbocycles. The molecular formula is C17H12ClFN4O4. The Morgan fingerprint density at radius 1 is 1.26 bits per heavy atom. The number of amides is 1. The van der Waals surface area contributed by atoms with Gasteiger partial charge < -0.3 is 9.84 Å². The normalized spacial score (nSPS) is 10.6. The van der Waals surface area contributed by atoms with Gasteiger partial charge in [-0.25, -0.2) is 4.39 Å². The monoisotopic (exact) mass is 390 g/mol. The average Bonchev–Trinajstić information content (AvgIpc) is 3.11. The Balaban J connectivity index is 1.59. The summed E-state index contributed by atoms with van der Waals surface area (Å²) in [6, 6.07) is 9.58. The quantitative estimate of drug-likeness (QED) is 0.502. The van der Waals surface area contributed by atoms with Gasteiger partial charge in [-0.15, -0.1) is 0 Å². The lowest BCUT2D eigenvalue weighted by molar-refractivity contribution is -0.384. The molecule has 0 saturated carbocycles. The summed E-state index contributed by atoms with van der Waals surface area (Å²) in [6.45, 7) is 0. The van der Waals surface area contributed by atoms with E-state index in [0.29, 0.717) is 11.4 Å². The van der Waals surface area contributed by atoms with E-state index in [-0.39, 0.29) is 46.9 Å². The minimum atomic E-state index is -0.632. The van der Waals surface area contributed by atoms with E-state index >= 15 is 0 Å². The summed E-state index contributed by atoms with van der Waals surface area (Å²) in [4.78, 5) is 26.4. The minimum Gasteiger partial charge on any atom is -0.339 e. The van der Waals surface area contributed by atoms with E-state index in [1.165, 1.54) is 42.5 Å². The summed E-state index contributed by atoms with van der Waals surface area (Å²) in [6.07, 6.45) is 0.206. The molecule has 1 N–H and O–H groups in total. The maximum Gasteiger partial charge on any atom is 0.289 e. The van der Waals surface area contributed by atoms with E-state index in [1.807, 2.05) is 0 Å². The predicted octanol–water partition coefficient (Wildman–Crippen LogP) is 4.01. The molecule has 0 spiro atoms. The highest BCUT2D eigenvalue weighted by molar-refractivity contribution is 6.32. The van der Waals surface area contributed by atoms with E-state index in [1.54, 1.807) is 0 Å². The number of benzene rings is 2. The highest BCUT2D eigenvalue weighted by atomic mass is 35.5. The smallest absolute Gasteiger partial charge is 0.289 e. The van der Waals surface area contributed by atoms with Crippen LogP contribution in [0.25, 0.3) is 11.4 Å². The third-order valence-corrected chi connectivity index (χ3v) is 3.88. The molecule has 0 saturated heterocycles. The lowest BCUT2D eigenvalue weighted by atomic mass is 10.2. The Morgan fingerprint density at radius 2 is 2.00 bits per heavy atom. The number of hydrogen-bond acceptors (Lipinski definition) is 6. The first-order valence-corrected chi connectivity index (χ1v) is 8.12. The fourth-order valence-corrected chi connectivity index (χ4v) is 2.43. The molecule has 10 heteroatoms. The van der Waals surface area contributed by atoms with Crippen LogP contribution in [0.2, 0.25) is 5.02 Å². The number of aryl methyl sites for hydroxylation is 1. The van der Waals surface area contributed by atoms with Gasteiger partial charge in [-0.05, 0) is 36.4 Å². The number of aromatic nitrogens is 2. The van der Waals surface area contributed by atoms with Gasteiger partial charge in [0.1, 0.15) is 10.8 Å². The highest BCUT2D eigenvalue weighted by Gasteiger charge is 2.15. The zero-order chi connectivity index (χ0) is 19.4. The van der Waals surface area contributed by atoms with Crippen LogP contribution in [0, 0.1) is 15.9 Å². The largest absolute Gasteiger partial charge is 0.339 e. The molecular weight excluding hydrogens is 379 g/mol. The van der Waals surface area contributed by atoms with Crippen molar-refractivity contribution >= 4 is 28.9 Å². The number of nitrogens with zero attached hydrogens (tertiary/aromatic N) is 3. The summed E-state index contributed by atoms with van der Waals surface area (Å²) < 4.78 is 18.0. The molecule has 0 bridgehead atoms. The predicted molar refractivity (Wildman–Crippen MR) is 94.7 cm³/mol. The Bertz CT molecular complexity index is 991. The average molecular weight is 391 g/mol. The second kappa shape index (κ2) is 7.92. The molecule has 0 fully saturated rings. The Kier molecular flexibility index (Phi) is 5.41.